The van der Waals surface area contributed by atoms with Crippen molar-refractivity contribution >= 4 is 11.0 Å². The monoisotopic (exact) mass is 318 g/mol. The molecule has 0 radical (unpaired) electrons. The smallest absolute Gasteiger partial charge is 0.100 e. The minimum atomic E-state index is 0.620. The molecule has 5 nitrogen and oxygen atoms in total. The van der Waals surface area contributed by atoms with Crippen LogP contribution in [0.25, 0.3) is 22.4 Å². The molecule has 5 heteroatoms. The van der Waals surface area contributed by atoms with E-state index in [2.05, 4.69) is 50.9 Å². The normalized spacial score (nSPS) is 11.2. The third-order valence-electron chi connectivity index (χ3n) is 3.99. The molecule has 0 aliphatic heterocycles. The molecule has 0 saturated heterocycles. The number of nitrogens with zero attached hydrogens (tertiary/aromatic N) is 4. The van der Waals surface area contributed by atoms with Crippen LogP contribution < -0.4 is 0 Å². The summed E-state index contributed by atoms with van der Waals surface area (Å²) in [4.78, 5) is 8.65. The molecule has 0 aliphatic carbocycles. The Hall–Kier alpha value is -2.92. The molecule has 2 aromatic carbocycles. The highest BCUT2D eigenvalue weighted by Gasteiger charge is 2.07. The summed E-state index contributed by atoms with van der Waals surface area (Å²) >= 11 is 0. The van der Waals surface area contributed by atoms with E-state index in [9.17, 15) is 0 Å². The largest absolute Gasteiger partial charge is 0.377 e. The van der Waals surface area contributed by atoms with Crippen molar-refractivity contribution in [3.63, 3.8) is 0 Å². The molecule has 120 valence electrons. The van der Waals surface area contributed by atoms with E-state index in [1.54, 1.807) is 12.5 Å². The second-order valence-electron chi connectivity index (χ2n) is 5.56. The predicted molar refractivity (Wildman–Crippen MR) is 93.5 cm³/mol. The molecule has 0 fully saturated rings. The Morgan fingerprint density at radius 3 is 2.79 bits per heavy atom. The van der Waals surface area contributed by atoms with E-state index in [1.165, 1.54) is 0 Å². The van der Waals surface area contributed by atoms with Gasteiger partial charge < -0.3 is 9.30 Å². The van der Waals surface area contributed by atoms with Crippen molar-refractivity contribution in [2.75, 3.05) is 6.61 Å². The summed E-state index contributed by atoms with van der Waals surface area (Å²) in [6, 6.07) is 14.6. The van der Waals surface area contributed by atoms with Gasteiger partial charge in [0.15, 0.2) is 0 Å². The van der Waals surface area contributed by atoms with E-state index in [-0.39, 0.29) is 0 Å². The third kappa shape index (κ3) is 2.70. The van der Waals surface area contributed by atoms with Crippen molar-refractivity contribution in [2.24, 2.45) is 0 Å². The maximum Gasteiger partial charge on any atom is 0.100 e. The lowest BCUT2D eigenvalue weighted by Gasteiger charge is -2.08. The van der Waals surface area contributed by atoms with Crippen molar-refractivity contribution in [1.82, 2.24) is 19.1 Å². The lowest BCUT2D eigenvalue weighted by atomic mass is 10.2. The first-order valence-electron chi connectivity index (χ1n) is 7.97. The molecule has 0 aliphatic rings. The van der Waals surface area contributed by atoms with Gasteiger partial charge in [-0.15, -0.1) is 0 Å². The van der Waals surface area contributed by atoms with E-state index in [0.717, 1.165) is 28.0 Å². The number of benzene rings is 2. The average molecular weight is 318 g/mol. The van der Waals surface area contributed by atoms with E-state index >= 15 is 0 Å². The first-order chi connectivity index (χ1) is 11.8. The Labute approximate surface area is 140 Å². The minimum Gasteiger partial charge on any atom is -0.377 e. The Morgan fingerprint density at radius 2 is 1.96 bits per heavy atom. The van der Waals surface area contributed by atoms with Gasteiger partial charge in [-0.3, -0.25) is 4.57 Å². The van der Waals surface area contributed by atoms with Crippen LogP contribution in [-0.4, -0.2) is 25.7 Å². The summed E-state index contributed by atoms with van der Waals surface area (Å²) in [5.41, 5.74) is 5.33. The van der Waals surface area contributed by atoms with Crippen LogP contribution >= 0.6 is 0 Å². The van der Waals surface area contributed by atoms with Crippen LogP contribution in [0, 0.1) is 0 Å². The van der Waals surface area contributed by atoms with Crippen LogP contribution in [0.1, 0.15) is 12.5 Å². The van der Waals surface area contributed by atoms with Crippen molar-refractivity contribution in [3.8, 4) is 11.4 Å². The van der Waals surface area contributed by atoms with Gasteiger partial charge in [0.2, 0.25) is 0 Å². The molecule has 0 bridgehead atoms. The Kier molecular flexibility index (Phi) is 3.84. The number of hydrogen-bond acceptors (Lipinski definition) is 3. The van der Waals surface area contributed by atoms with Gasteiger partial charge in [-0.05, 0) is 42.8 Å². The van der Waals surface area contributed by atoms with Gasteiger partial charge in [-0.25, -0.2) is 9.97 Å². The summed E-state index contributed by atoms with van der Waals surface area (Å²) in [6.45, 7) is 3.34. The molecule has 0 unspecified atom stereocenters. The molecular formula is C19H18N4O. The summed E-state index contributed by atoms with van der Waals surface area (Å²) in [6.07, 6.45) is 7.37. The van der Waals surface area contributed by atoms with E-state index < -0.39 is 0 Å². The van der Waals surface area contributed by atoms with Crippen LogP contribution in [0.3, 0.4) is 0 Å². The second-order valence-corrected chi connectivity index (χ2v) is 5.56. The molecule has 0 N–H and O–H groups in total. The van der Waals surface area contributed by atoms with Gasteiger partial charge in [0.25, 0.3) is 0 Å². The molecule has 0 spiro atoms. The standard InChI is InChI=1S/C19H18N4O/c1-2-24-12-15-6-7-19-18(10-15)21-14-23(19)17-5-3-4-16(11-17)22-9-8-20-13-22/h3-11,13-14H,2,12H2,1H3. The molecule has 0 atom stereocenters. The highest BCUT2D eigenvalue weighted by molar-refractivity contribution is 5.78. The van der Waals surface area contributed by atoms with Crippen LogP contribution in [-0.2, 0) is 11.3 Å². The van der Waals surface area contributed by atoms with Crippen molar-refractivity contribution in [1.29, 1.82) is 0 Å². The summed E-state index contributed by atoms with van der Waals surface area (Å²) < 4.78 is 9.56. The Balaban J connectivity index is 1.73. The van der Waals surface area contributed by atoms with Crippen LogP contribution in [0.5, 0.6) is 0 Å². The van der Waals surface area contributed by atoms with Gasteiger partial charge in [0.1, 0.15) is 6.33 Å². The first-order valence-corrected chi connectivity index (χ1v) is 7.97. The van der Waals surface area contributed by atoms with Crippen LogP contribution in [0.4, 0.5) is 0 Å². The van der Waals surface area contributed by atoms with Crippen molar-refractivity contribution in [2.45, 2.75) is 13.5 Å². The van der Waals surface area contributed by atoms with E-state index in [1.807, 2.05) is 30.1 Å². The molecule has 2 aromatic heterocycles. The Bertz CT molecular complexity index is 957. The first kappa shape index (κ1) is 14.7. The number of imidazole rings is 2. The van der Waals surface area contributed by atoms with Gasteiger partial charge in [-0.2, -0.15) is 0 Å². The van der Waals surface area contributed by atoms with Crippen molar-refractivity contribution < 1.29 is 4.74 Å². The van der Waals surface area contributed by atoms with Crippen molar-refractivity contribution in [3.05, 3.63) is 73.1 Å². The van der Waals surface area contributed by atoms with Crippen LogP contribution in [0.2, 0.25) is 0 Å². The molecule has 2 heterocycles. The summed E-state index contributed by atoms with van der Waals surface area (Å²) in [7, 11) is 0. The molecular weight excluding hydrogens is 300 g/mol. The number of ether oxygens (including phenoxy) is 1. The molecule has 0 amide bonds. The topological polar surface area (TPSA) is 44.9 Å². The number of fused-ring (bicyclic) bond motifs is 1. The van der Waals surface area contributed by atoms with Gasteiger partial charge in [0.05, 0.1) is 24.0 Å². The fourth-order valence-corrected chi connectivity index (χ4v) is 2.79. The third-order valence-corrected chi connectivity index (χ3v) is 3.99. The lowest BCUT2D eigenvalue weighted by molar-refractivity contribution is 0.134. The zero-order valence-corrected chi connectivity index (χ0v) is 13.5. The predicted octanol–water partition coefficient (Wildman–Crippen LogP) is 3.75. The quantitative estimate of drug-likeness (QED) is 0.563. The minimum absolute atomic E-state index is 0.620. The molecule has 4 aromatic rings. The molecule has 24 heavy (non-hydrogen) atoms. The average Bonchev–Trinajstić information content (AvgIpc) is 3.29. The Morgan fingerprint density at radius 1 is 1.04 bits per heavy atom. The zero-order chi connectivity index (χ0) is 16.4. The van der Waals surface area contributed by atoms with Gasteiger partial charge in [-0.1, -0.05) is 12.1 Å². The maximum atomic E-state index is 5.47. The van der Waals surface area contributed by atoms with Gasteiger partial charge in [0, 0.05) is 30.4 Å². The highest BCUT2D eigenvalue weighted by Crippen LogP contribution is 2.21. The fourth-order valence-electron chi connectivity index (χ4n) is 2.79. The highest BCUT2D eigenvalue weighted by atomic mass is 16.5. The molecule has 4 rings (SSSR count). The van der Waals surface area contributed by atoms with E-state index in [0.29, 0.717) is 13.2 Å². The van der Waals surface area contributed by atoms with Crippen LogP contribution in [0.15, 0.2) is 67.5 Å². The number of rotatable bonds is 5. The maximum absolute atomic E-state index is 5.47. The van der Waals surface area contributed by atoms with Gasteiger partial charge >= 0.3 is 0 Å². The zero-order valence-electron chi connectivity index (χ0n) is 13.5. The fraction of sp³-hybridized carbons (Fsp3) is 0.158. The summed E-state index contributed by atoms with van der Waals surface area (Å²) in [5, 5.41) is 0. The second kappa shape index (κ2) is 6.29. The lowest BCUT2D eigenvalue weighted by Crippen LogP contribution is -1.96. The number of hydrogen-bond donors (Lipinski definition) is 0. The summed E-state index contributed by atoms with van der Waals surface area (Å²) in [5.74, 6) is 0. The molecule has 0 saturated carbocycles. The van der Waals surface area contributed by atoms with E-state index in [4.69, 9.17) is 4.74 Å². The SMILES string of the molecule is CCOCc1ccc2c(c1)ncn2-c1cccc(-n2ccnc2)c1. The number of aromatic nitrogens is 4.